The van der Waals surface area contributed by atoms with Crippen molar-refractivity contribution in [3.8, 4) is 0 Å². The Morgan fingerprint density at radius 3 is 2.48 bits per heavy atom. The van der Waals surface area contributed by atoms with Gasteiger partial charge in [0.1, 0.15) is 0 Å². The van der Waals surface area contributed by atoms with Crippen LogP contribution in [0.15, 0.2) is 41.3 Å². The number of amides is 1. The van der Waals surface area contributed by atoms with Crippen molar-refractivity contribution in [1.29, 1.82) is 0 Å². The Hall–Kier alpha value is -2.34. The molecule has 1 amide bonds. The number of nitro benzene ring substituents is 1. The van der Waals surface area contributed by atoms with Gasteiger partial charge in [-0.3, -0.25) is 14.9 Å². The monoisotopic (exact) mass is 330 g/mol. The highest BCUT2D eigenvalue weighted by atomic mass is 32.2. The molecule has 6 heteroatoms. The number of aryl methyl sites for hydroxylation is 3. The Labute approximate surface area is 139 Å². The first kappa shape index (κ1) is 17.0. The Kier molecular flexibility index (Phi) is 5.39. The molecule has 0 spiro atoms. The van der Waals surface area contributed by atoms with Gasteiger partial charge in [-0.15, -0.1) is 11.8 Å². The lowest BCUT2D eigenvalue weighted by atomic mass is 10.2. The third-order valence-electron chi connectivity index (χ3n) is 3.38. The zero-order valence-electron chi connectivity index (χ0n) is 13.3. The minimum absolute atomic E-state index is 0.0187. The molecule has 0 saturated heterocycles. The van der Waals surface area contributed by atoms with Crippen LogP contribution in [0.25, 0.3) is 0 Å². The summed E-state index contributed by atoms with van der Waals surface area (Å²) in [5.41, 5.74) is 3.63. The number of nitrogens with one attached hydrogen (secondary N) is 1. The van der Waals surface area contributed by atoms with Crippen molar-refractivity contribution in [2.75, 3.05) is 11.1 Å². The lowest BCUT2D eigenvalue weighted by Crippen LogP contribution is -2.15. The molecule has 0 aromatic heterocycles. The fourth-order valence-electron chi connectivity index (χ4n) is 2.19. The van der Waals surface area contributed by atoms with Gasteiger partial charge in [-0.2, -0.15) is 0 Å². The van der Waals surface area contributed by atoms with Crippen LogP contribution in [0.4, 0.5) is 11.4 Å². The van der Waals surface area contributed by atoms with E-state index in [4.69, 9.17) is 0 Å². The van der Waals surface area contributed by atoms with Crippen LogP contribution in [0.3, 0.4) is 0 Å². The standard InChI is InChI=1S/C17H18N2O3S/c1-11-4-7-16(13(3)8-11)23-10-17(20)18-15-6-5-14(19(21)22)9-12(15)2/h4-9H,10H2,1-3H3,(H,18,20). The molecule has 2 aromatic rings. The van der Waals surface area contributed by atoms with Crippen LogP contribution in [-0.4, -0.2) is 16.6 Å². The average molecular weight is 330 g/mol. The fourth-order valence-corrected chi connectivity index (χ4v) is 3.00. The molecule has 0 unspecified atom stereocenters. The summed E-state index contributed by atoms with van der Waals surface area (Å²) in [7, 11) is 0. The second kappa shape index (κ2) is 7.28. The highest BCUT2D eigenvalue weighted by Gasteiger charge is 2.11. The van der Waals surface area contributed by atoms with Crippen LogP contribution in [0.1, 0.15) is 16.7 Å². The lowest BCUT2D eigenvalue weighted by Gasteiger charge is -2.09. The summed E-state index contributed by atoms with van der Waals surface area (Å²) in [4.78, 5) is 23.4. The van der Waals surface area contributed by atoms with Crippen molar-refractivity contribution >= 4 is 29.0 Å². The van der Waals surface area contributed by atoms with Crippen LogP contribution in [0, 0.1) is 30.9 Å². The van der Waals surface area contributed by atoms with Gasteiger partial charge in [0, 0.05) is 22.7 Å². The first-order chi connectivity index (χ1) is 10.9. The maximum absolute atomic E-state index is 12.1. The summed E-state index contributed by atoms with van der Waals surface area (Å²) in [5.74, 6) is 0.160. The minimum atomic E-state index is -0.450. The zero-order valence-corrected chi connectivity index (χ0v) is 14.1. The number of hydrogen-bond donors (Lipinski definition) is 1. The third-order valence-corrected chi connectivity index (χ3v) is 4.56. The number of rotatable bonds is 5. The number of non-ortho nitro benzene ring substituents is 1. The van der Waals surface area contributed by atoms with E-state index in [-0.39, 0.29) is 11.6 Å². The van der Waals surface area contributed by atoms with Gasteiger partial charge in [0.2, 0.25) is 5.91 Å². The highest BCUT2D eigenvalue weighted by molar-refractivity contribution is 8.00. The van der Waals surface area contributed by atoms with Gasteiger partial charge in [0.05, 0.1) is 10.7 Å². The van der Waals surface area contributed by atoms with E-state index in [0.29, 0.717) is 17.0 Å². The molecule has 0 heterocycles. The second-order valence-corrected chi connectivity index (χ2v) is 6.38. The maximum atomic E-state index is 12.1. The first-order valence-corrected chi connectivity index (χ1v) is 8.10. The molecule has 0 bridgehead atoms. The van der Waals surface area contributed by atoms with Gasteiger partial charge in [-0.25, -0.2) is 0 Å². The van der Waals surface area contributed by atoms with Crippen LogP contribution < -0.4 is 5.32 Å². The van der Waals surface area contributed by atoms with Crippen molar-refractivity contribution < 1.29 is 9.72 Å². The van der Waals surface area contributed by atoms with Crippen LogP contribution >= 0.6 is 11.8 Å². The van der Waals surface area contributed by atoms with Gasteiger partial charge in [-0.1, -0.05) is 17.7 Å². The smallest absolute Gasteiger partial charge is 0.269 e. The Bertz CT molecular complexity index is 759. The van der Waals surface area contributed by atoms with Gasteiger partial charge >= 0.3 is 0 Å². The van der Waals surface area contributed by atoms with Crippen molar-refractivity contribution in [3.05, 3.63) is 63.2 Å². The quantitative estimate of drug-likeness (QED) is 0.505. The maximum Gasteiger partial charge on any atom is 0.269 e. The predicted octanol–water partition coefficient (Wildman–Crippen LogP) is 4.25. The number of thioether (sulfide) groups is 1. The molecular formula is C17H18N2O3S. The van der Waals surface area contributed by atoms with Gasteiger partial charge in [-0.05, 0) is 44.0 Å². The van der Waals surface area contributed by atoms with Crippen molar-refractivity contribution in [1.82, 2.24) is 0 Å². The van der Waals surface area contributed by atoms with Crippen molar-refractivity contribution in [2.24, 2.45) is 0 Å². The largest absolute Gasteiger partial charge is 0.325 e. The van der Waals surface area contributed by atoms with Gasteiger partial charge < -0.3 is 5.32 Å². The number of benzene rings is 2. The summed E-state index contributed by atoms with van der Waals surface area (Å²) < 4.78 is 0. The van der Waals surface area contributed by atoms with E-state index in [0.717, 1.165) is 10.5 Å². The molecule has 2 rings (SSSR count). The van der Waals surface area contributed by atoms with E-state index in [1.54, 1.807) is 13.0 Å². The Morgan fingerprint density at radius 1 is 1.13 bits per heavy atom. The normalized spacial score (nSPS) is 10.4. The number of carbonyl (C=O) groups excluding carboxylic acids is 1. The van der Waals surface area contributed by atoms with E-state index < -0.39 is 4.92 Å². The highest BCUT2D eigenvalue weighted by Crippen LogP contribution is 2.24. The van der Waals surface area contributed by atoms with Crippen molar-refractivity contribution in [2.45, 2.75) is 25.7 Å². The van der Waals surface area contributed by atoms with E-state index >= 15 is 0 Å². The number of nitro groups is 1. The summed E-state index contributed by atoms with van der Waals surface area (Å²) in [6, 6.07) is 10.5. The molecular weight excluding hydrogens is 312 g/mol. The molecule has 0 aliphatic carbocycles. The predicted molar refractivity (Wildman–Crippen MR) is 93.1 cm³/mol. The average Bonchev–Trinajstić information content (AvgIpc) is 2.48. The summed E-state index contributed by atoms with van der Waals surface area (Å²) in [6.07, 6.45) is 0. The molecule has 1 N–H and O–H groups in total. The number of carbonyl (C=O) groups is 1. The Balaban J connectivity index is 1.98. The zero-order chi connectivity index (χ0) is 17.0. The van der Waals surface area contributed by atoms with E-state index in [9.17, 15) is 14.9 Å². The minimum Gasteiger partial charge on any atom is -0.325 e. The molecule has 0 aliphatic rings. The van der Waals surface area contributed by atoms with E-state index in [1.807, 2.05) is 26.0 Å². The molecule has 0 fully saturated rings. The summed E-state index contributed by atoms with van der Waals surface area (Å²) in [5, 5.41) is 13.5. The molecule has 0 radical (unpaired) electrons. The second-order valence-electron chi connectivity index (χ2n) is 5.36. The fraction of sp³-hybridized carbons (Fsp3) is 0.235. The van der Waals surface area contributed by atoms with Crippen LogP contribution in [-0.2, 0) is 4.79 Å². The third kappa shape index (κ3) is 4.56. The summed E-state index contributed by atoms with van der Waals surface area (Å²) in [6.45, 7) is 5.79. The van der Waals surface area contributed by atoms with Gasteiger partial charge in [0.15, 0.2) is 0 Å². The molecule has 5 nitrogen and oxygen atoms in total. The van der Waals surface area contributed by atoms with Crippen molar-refractivity contribution in [3.63, 3.8) is 0 Å². The molecule has 0 aliphatic heterocycles. The van der Waals surface area contributed by atoms with E-state index in [2.05, 4.69) is 11.4 Å². The van der Waals surface area contributed by atoms with Crippen LogP contribution in [0.2, 0.25) is 0 Å². The summed E-state index contributed by atoms with van der Waals surface area (Å²) >= 11 is 1.48. The molecule has 2 aromatic carbocycles. The number of nitrogens with zero attached hydrogens (tertiary/aromatic N) is 1. The number of hydrogen-bond acceptors (Lipinski definition) is 4. The molecule has 120 valence electrons. The number of anilines is 1. The molecule has 0 atom stereocenters. The van der Waals surface area contributed by atoms with Gasteiger partial charge in [0.25, 0.3) is 5.69 Å². The Morgan fingerprint density at radius 2 is 1.87 bits per heavy atom. The molecule has 23 heavy (non-hydrogen) atoms. The van der Waals surface area contributed by atoms with E-state index in [1.165, 1.54) is 29.5 Å². The lowest BCUT2D eigenvalue weighted by molar-refractivity contribution is -0.384. The first-order valence-electron chi connectivity index (χ1n) is 7.12. The SMILES string of the molecule is Cc1ccc(SCC(=O)Nc2ccc([N+](=O)[O-])cc2C)c(C)c1. The van der Waals surface area contributed by atoms with Crippen LogP contribution in [0.5, 0.6) is 0 Å². The topological polar surface area (TPSA) is 72.2 Å². The molecule has 0 saturated carbocycles.